The second-order valence-corrected chi connectivity index (χ2v) is 5.59. The van der Waals surface area contributed by atoms with Gasteiger partial charge in [0.25, 0.3) is 0 Å². The van der Waals surface area contributed by atoms with E-state index in [-0.39, 0.29) is 5.41 Å². The van der Waals surface area contributed by atoms with Gasteiger partial charge in [-0.15, -0.1) is 0 Å². The summed E-state index contributed by atoms with van der Waals surface area (Å²) < 4.78 is 0. The maximum absolute atomic E-state index is 11.1. The average Bonchev–Trinajstić information content (AvgIpc) is 2.36. The van der Waals surface area contributed by atoms with E-state index in [0.717, 1.165) is 18.4 Å². The van der Waals surface area contributed by atoms with Gasteiger partial charge in [0.15, 0.2) is 0 Å². The van der Waals surface area contributed by atoms with Gasteiger partial charge in [-0.2, -0.15) is 0 Å². The highest BCUT2D eigenvalue weighted by molar-refractivity contribution is 5.92. The van der Waals surface area contributed by atoms with Crippen molar-refractivity contribution in [1.29, 1.82) is 0 Å². The molecule has 2 unspecified atom stereocenters. The predicted molar refractivity (Wildman–Crippen MR) is 59.5 cm³/mol. The predicted octanol–water partition coefficient (Wildman–Crippen LogP) is 3.01. The maximum atomic E-state index is 11.1. The first-order valence-electron chi connectivity index (χ1n) is 5.57. The molecule has 0 saturated heterocycles. The molecule has 0 aromatic carbocycles. The highest BCUT2D eigenvalue weighted by Gasteiger charge is 2.37. The van der Waals surface area contributed by atoms with Crippen LogP contribution in [0.15, 0.2) is 23.3 Å². The van der Waals surface area contributed by atoms with Crippen LogP contribution in [0, 0.1) is 17.3 Å². The Morgan fingerprint density at radius 3 is 2.80 bits per heavy atom. The van der Waals surface area contributed by atoms with Crippen LogP contribution in [0.2, 0.25) is 0 Å². The Kier molecular flexibility index (Phi) is 2.25. The number of carboxylic acids is 1. The highest BCUT2D eigenvalue weighted by Crippen LogP contribution is 2.47. The van der Waals surface area contributed by atoms with Crippen molar-refractivity contribution in [2.75, 3.05) is 0 Å². The van der Waals surface area contributed by atoms with Gasteiger partial charge >= 0.3 is 5.97 Å². The Morgan fingerprint density at radius 1 is 1.53 bits per heavy atom. The standard InChI is InChI=1S/C13H18O2/c1-8-4-9-6-13(2,3)7-11(9)10(5-8)12(14)15/h5,7-9H,4,6H2,1-3H3,(H,14,15). The minimum atomic E-state index is -0.768. The van der Waals surface area contributed by atoms with E-state index in [1.165, 1.54) is 0 Å². The molecular formula is C13H18O2. The van der Waals surface area contributed by atoms with Gasteiger partial charge in [-0.3, -0.25) is 0 Å². The molecular weight excluding hydrogens is 188 g/mol. The molecule has 2 aliphatic carbocycles. The molecule has 2 rings (SSSR count). The zero-order valence-corrected chi connectivity index (χ0v) is 9.58. The Bertz CT molecular complexity index is 361. The topological polar surface area (TPSA) is 37.3 Å². The molecule has 1 N–H and O–H groups in total. The third-order valence-corrected chi connectivity index (χ3v) is 3.41. The second kappa shape index (κ2) is 3.22. The van der Waals surface area contributed by atoms with Gasteiger partial charge in [0.2, 0.25) is 0 Å². The van der Waals surface area contributed by atoms with E-state index in [4.69, 9.17) is 5.11 Å². The first-order valence-corrected chi connectivity index (χ1v) is 5.57. The molecule has 82 valence electrons. The fourth-order valence-corrected chi connectivity index (χ4v) is 2.94. The average molecular weight is 206 g/mol. The van der Waals surface area contributed by atoms with E-state index >= 15 is 0 Å². The van der Waals surface area contributed by atoms with Crippen molar-refractivity contribution in [3.05, 3.63) is 23.3 Å². The summed E-state index contributed by atoms with van der Waals surface area (Å²) in [4.78, 5) is 11.1. The van der Waals surface area contributed by atoms with Gasteiger partial charge in [-0.1, -0.05) is 32.9 Å². The SMILES string of the molecule is CC1C=C(C(=O)O)C2=CC(C)(C)CC2C1. The Hall–Kier alpha value is -1.05. The van der Waals surface area contributed by atoms with Crippen LogP contribution in [0.5, 0.6) is 0 Å². The number of allylic oxidation sites excluding steroid dienone is 2. The lowest BCUT2D eigenvalue weighted by Crippen LogP contribution is -2.18. The summed E-state index contributed by atoms with van der Waals surface area (Å²) in [6, 6.07) is 0. The van der Waals surface area contributed by atoms with E-state index in [1.807, 2.05) is 6.08 Å². The minimum Gasteiger partial charge on any atom is -0.478 e. The molecule has 15 heavy (non-hydrogen) atoms. The molecule has 2 nitrogen and oxygen atoms in total. The highest BCUT2D eigenvalue weighted by atomic mass is 16.4. The Labute approximate surface area is 90.7 Å². The molecule has 2 aliphatic rings. The van der Waals surface area contributed by atoms with Crippen molar-refractivity contribution in [3.8, 4) is 0 Å². The maximum Gasteiger partial charge on any atom is 0.335 e. The number of carboxylic acid groups (broad SMARTS) is 1. The van der Waals surface area contributed by atoms with E-state index < -0.39 is 5.97 Å². The molecule has 0 fully saturated rings. The number of hydrogen-bond acceptors (Lipinski definition) is 1. The van der Waals surface area contributed by atoms with Crippen LogP contribution in [-0.2, 0) is 4.79 Å². The number of aliphatic carboxylic acids is 1. The Morgan fingerprint density at radius 2 is 2.20 bits per heavy atom. The van der Waals surface area contributed by atoms with Crippen LogP contribution >= 0.6 is 0 Å². The molecule has 0 amide bonds. The molecule has 2 heteroatoms. The van der Waals surface area contributed by atoms with Crippen molar-refractivity contribution in [3.63, 3.8) is 0 Å². The van der Waals surface area contributed by atoms with Gasteiger partial charge in [0.1, 0.15) is 0 Å². The number of hydrogen-bond donors (Lipinski definition) is 1. The van der Waals surface area contributed by atoms with Crippen LogP contribution in [0.1, 0.15) is 33.6 Å². The lowest BCUT2D eigenvalue weighted by molar-refractivity contribution is -0.132. The summed E-state index contributed by atoms with van der Waals surface area (Å²) in [6.45, 7) is 6.47. The second-order valence-electron chi connectivity index (χ2n) is 5.59. The van der Waals surface area contributed by atoms with Crippen molar-refractivity contribution in [1.82, 2.24) is 0 Å². The van der Waals surface area contributed by atoms with E-state index in [2.05, 4.69) is 26.8 Å². The first-order chi connectivity index (χ1) is 6.89. The first kappa shape index (κ1) is 10.5. The van der Waals surface area contributed by atoms with E-state index in [0.29, 0.717) is 17.4 Å². The zero-order valence-electron chi connectivity index (χ0n) is 9.58. The van der Waals surface area contributed by atoms with Crippen LogP contribution < -0.4 is 0 Å². The summed E-state index contributed by atoms with van der Waals surface area (Å²) >= 11 is 0. The van der Waals surface area contributed by atoms with Crippen LogP contribution in [0.4, 0.5) is 0 Å². The summed E-state index contributed by atoms with van der Waals surface area (Å²) in [5.74, 6) is 0.0914. The number of fused-ring (bicyclic) bond motifs is 1. The molecule has 0 radical (unpaired) electrons. The number of carbonyl (C=O) groups is 1. The molecule has 0 aliphatic heterocycles. The summed E-state index contributed by atoms with van der Waals surface area (Å²) in [7, 11) is 0. The van der Waals surface area contributed by atoms with E-state index in [9.17, 15) is 4.79 Å². The van der Waals surface area contributed by atoms with Gasteiger partial charge < -0.3 is 5.11 Å². The van der Waals surface area contributed by atoms with Crippen molar-refractivity contribution < 1.29 is 9.90 Å². The third kappa shape index (κ3) is 1.85. The van der Waals surface area contributed by atoms with Crippen molar-refractivity contribution >= 4 is 5.97 Å². The summed E-state index contributed by atoms with van der Waals surface area (Å²) in [5, 5.41) is 9.16. The molecule has 0 aromatic heterocycles. The van der Waals surface area contributed by atoms with Crippen molar-refractivity contribution in [2.45, 2.75) is 33.6 Å². The number of rotatable bonds is 1. The van der Waals surface area contributed by atoms with Crippen molar-refractivity contribution in [2.24, 2.45) is 17.3 Å². The van der Waals surface area contributed by atoms with Gasteiger partial charge in [0.05, 0.1) is 5.57 Å². The fraction of sp³-hybridized carbons (Fsp3) is 0.615. The molecule has 0 spiro atoms. The molecule has 2 atom stereocenters. The molecule has 0 bridgehead atoms. The lowest BCUT2D eigenvalue weighted by atomic mass is 9.79. The van der Waals surface area contributed by atoms with E-state index in [1.54, 1.807) is 0 Å². The minimum absolute atomic E-state index is 0.165. The quantitative estimate of drug-likeness (QED) is 0.716. The van der Waals surface area contributed by atoms with Gasteiger partial charge in [0, 0.05) is 0 Å². The lowest BCUT2D eigenvalue weighted by Gasteiger charge is -2.25. The van der Waals surface area contributed by atoms with Crippen LogP contribution in [-0.4, -0.2) is 11.1 Å². The van der Waals surface area contributed by atoms with Gasteiger partial charge in [-0.25, -0.2) is 4.79 Å². The summed E-state index contributed by atoms with van der Waals surface area (Å²) in [5.41, 5.74) is 1.79. The monoisotopic (exact) mass is 206 g/mol. The third-order valence-electron chi connectivity index (χ3n) is 3.41. The Balaban J connectivity index is 2.40. The largest absolute Gasteiger partial charge is 0.478 e. The summed E-state index contributed by atoms with van der Waals surface area (Å²) in [6.07, 6.45) is 6.26. The van der Waals surface area contributed by atoms with Crippen LogP contribution in [0.25, 0.3) is 0 Å². The van der Waals surface area contributed by atoms with Gasteiger partial charge in [-0.05, 0) is 35.7 Å². The smallest absolute Gasteiger partial charge is 0.335 e. The zero-order chi connectivity index (χ0) is 11.2. The van der Waals surface area contributed by atoms with Crippen LogP contribution in [0.3, 0.4) is 0 Å². The normalized spacial score (nSPS) is 33.0. The fourth-order valence-electron chi connectivity index (χ4n) is 2.94. The molecule has 0 aromatic rings. The molecule has 0 saturated carbocycles. The molecule has 0 heterocycles.